The fourth-order valence-electron chi connectivity index (χ4n) is 4.83. The van der Waals surface area contributed by atoms with Gasteiger partial charge in [0, 0.05) is 25.7 Å². The molecule has 5 nitrogen and oxygen atoms in total. The molecule has 1 aromatic carbocycles. The Morgan fingerprint density at radius 1 is 1.00 bits per heavy atom. The molecule has 0 atom stereocenters. The standard InChI is InChI=1S/C24H32N4O/c1-3-20-6-4-5-7-21(20)16-27-12-10-24(11-13-27)9-8-23(29)28(18-24)17-22-15-25-19(2)14-26-22/h4-7,14-15H,3,8-13,16-18H2,1-2H3. The lowest BCUT2D eigenvalue weighted by molar-refractivity contribution is -0.140. The molecule has 2 saturated heterocycles. The zero-order valence-electron chi connectivity index (χ0n) is 17.7. The van der Waals surface area contributed by atoms with Gasteiger partial charge < -0.3 is 4.90 Å². The van der Waals surface area contributed by atoms with E-state index in [4.69, 9.17) is 0 Å². The van der Waals surface area contributed by atoms with E-state index >= 15 is 0 Å². The minimum atomic E-state index is 0.261. The van der Waals surface area contributed by atoms with Crippen LogP contribution in [0.15, 0.2) is 36.7 Å². The van der Waals surface area contributed by atoms with Gasteiger partial charge in [0.05, 0.1) is 24.1 Å². The molecule has 2 aromatic rings. The van der Waals surface area contributed by atoms with Crippen molar-refractivity contribution in [2.24, 2.45) is 5.41 Å². The molecule has 2 fully saturated rings. The Balaban J connectivity index is 1.37. The summed E-state index contributed by atoms with van der Waals surface area (Å²) < 4.78 is 0. The first-order valence-electron chi connectivity index (χ1n) is 10.9. The molecule has 0 N–H and O–H groups in total. The maximum Gasteiger partial charge on any atom is 0.222 e. The van der Waals surface area contributed by atoms with E-state index in [1.54, 1.807) is 12.4 Å². The molecule has 0 aliphatic carbocycles. The highest BCUT2D eigenvalue weighted by Crippen LogP contribution is 2.40. The Bertz CT molecular complexity index is 840. The van der Waals surface area contributed by atoms with Crippen LogP contribution in [0.25, 0.3) is 0 Å². The van der Waals surface area contributed by atoms with Gasteiger partial charge in [-0.25, -0.2) is 0 Å². The summed E-state index contributed by atoms with van der Waals surface area (Å²) in [6.07, 6.45) is 8.71. The first-order valence-corrected chi connectivity index (χ1v) is 10.9. The van der Waals surface area contributed by atoms with Gasteiger partial charge in [-0.3, -0.25) is 19.7 Å². The Hall–Kier alpha value is -2.27. The quantitative estimate of drug-likeness (QED) is 0.778. The maximum atomic E-state index is 12.5. The monoisotopic (exact) mass is 392 g/mol. The number of aryl methyl sites for hydroxylation is 2. The predicted molar refractivity (Wildman–Crippen MR) is 114 cm³/mol. The Morgan fingerprint density at radius 3 is 2.45 bits per heavy atom. The molecule has 4 rings (SSSR count). The summed E-state index contributed by atoms with van der Waals surface area (Å²) >= 11 is 0. The number of carbonyl (C=O) groups excluding carboxylic acids is 1. The summed E-state index contributed by atoms with van der Waals surface area (Å²) in [7, 11) is 0. The molecule has 1 amide bonds. The summed E-state index contributed by atoms with van der Waals surface area (Å²) in [5, 5.41) is 0. The number of nitrogens with zero attached hydrogens (tertiary/aromatic N) is 4. The Labute approximate surface area is 174 Å². The van der Waals surface area contributed by atoms with Crippen LogP contribution in [-0.2, 0) is 24.3 Å². The minimum Gasteiger partial charge on any atom is -0.336 e. The maximum absolute atomic E-state index is 12.5. The zero-order chi connectivity index (χ0) is 20.3. The molecular weight excluding hydrogens is 360 g/mol. The van der Waals surface area contributed by atoms with Crippen molar-refractivity contribution < 1.29 is 4.79 Å². The van der Waals surface area contributed by atoms with E-state index in [-0.39, 0.29) is 11.3 Å². The van der Waals surface area contributed by atoms with Gasteiger partial charge in [-0.2, -0.15) is 0 Å². The van der Waals surface area contributed by atoms with Gasteiger partial charge in [0.1, 0.15) is 0 Å². The van der Waals surface area contributed by atoms with Crippen LogP contribution in [0, 0.1) is 12.3 Å². The van der Waals surface area contributed by atoms with E-state index < -0.39 is 0 Å². The SMILES string of the molecule is CCc1ccccc1CN1CCC2(CCC(=O)N(Cc3cnc(C)cn3)C2)CC1. The van der Waals surface area contributed by atoms with E-state index in [9.17, 15) is 4.79 Å². The van der Waals surface area contributed by atoms with Gasteiger partial charge in [-0.1, -0.05) is 31.2 Å². The van der Waals surface area contributed by atoms with E-state index in [1.807, 2.05) is 11.8 Å². The molecule has 29 heavy (non-hydrogen) atoms. The first kappa shape index (κ1) is 20.0. The van der Waals surface area contributed by atoms with Crippen molar-refractivity contribution in [1.82, 2.24) is 19.8 Å². The molecule has 5 heteroatoms. The third kappa shape index (κ3) is 4.67. The molecule has 2 aliphatic heterocycles. The van der Waals surface area contributed by atoms with Crippen molar-refractivity contribution in [3.8, 4) is 0 Å². The average Bonchev–Trinajstić information content (AvgIpc) is 2.75. The third-order valence-electron chi connectivity index (χ3n) is 6.75. The van der Waals surface area contributed by atoms with Crippen LogP contribution in [0.1, 0.15) is 55.1 Å². The van der Waals surface area contributed by atoms with Crippen molar-refractivity contribution in [3.63, 3.8) is 0 Å². The summed E-state index contributed by atoms with van der Waals surface area (Å²) in [5.74, 6) is 0.261. The number of likely N-dealkylation sites (tertiary alicyclic amines) is 2. The zero-order valence-corrected chi connectivity index (χ0v) is 17.7. The number of hydrogen-bond acceptors (Lipinski definition) is 4. The largest absolute Gasteiger partial charge is 0.336 e. The summed E-state index contributed by atoms with van der Waals surface area (Å²) in [4.78, 5) is 25.9. The van der Waals surface area contributed by atoms with Crippen LogP contribution in [0.2, 0.25) is 0 Å². The number of aromatic nitrogens is 2. The highest BCUT2D eigenvalue weighted by molar-refractivity contribution is 5.77. The van der Waals surface area contributed by atoms with Gasteiger partial charge in [0.2, 0.25) is 5.91 Å². The minimum absolute atomic E-state index is 0.261. The van der Waals surface area contributed by atoms with Crippen LogP contribution in [0.5, 0.6) is 0 Å². The Morgan fingerprint density at radius 2 is 1.76 bits per heavy atom. The van der Waals surface area contributed by atoms with Crippen molar-refractivity contribution in [2.45, 2.75) is 59.0 Å². The summed E-state index contributed by atoms with van der Waals surface area (Å²) in [6.45, 7) is 8.89. The molecule has 1 spiro atoms. The lowest BCUT2D eigenvalue weighted by Crippen LogP contribution is -2.51. The highest BCUT2D eigenvalue weighted by Gasteiger charge is 2.41. The van der Waals surface area contributed by atoms with Crippen molar-refractivity contribution >= 4 is 5.91 Å². The molecule has 2 aliphatic rings. The Kier molecular flexibility index (Phi) is 5.95. The van der Waals surface area contributed by atoms with Crippen molar-refractivity contribution in [3.05, 3.63) is 59.2 Å². The molecule has 0 saturated carbocycles. The van der Waals surface area contributed by atoms with Gasteiger partial charge >= 0.3 is 0 Å². The molecular formula is C24H32N4O. The van der Waals surface area contributed by atoms with Crippen LogP contribution in [0.3, 0.4) is 0 Å². The number of carbonyl (C=O) groups is 1. The third-order valence-corrected chi connectivity index (χ3v) is 6.75. The topological polar surface area (TPSA) is 49.3 Å². The van der Waals surface area contributed by atoms with E-state index in [1.165, 1.54) is 24.0 Å². The van der Waals surface area contributed by atoms with Gasteiger partial charge in [-0.15, -0.1) is 0 Å². The van der Waals surface area contributed by atoms with Crippen LogP contribution < -0.4 is 0 Å². The highest BCUT2D eigenvalue weighted by atomic mass is 16.2. The second-order valence-corrected chi connectivity index (χ2v) is 8.80. The van der Waals surface area contributed by atoms with E-state index in [2.05, 4.69) is 46.1 Å². The fraction of sp³-hybridized carbons (Fsp3) is 0.542. The van der Waals surface area contributed by atoms with Crippen LogP contribution >= 0.6 is 0 Å². The molecule has 0 unspecified atom stereocenters. The van der Waals surface area contributed by atoms with Gasteiger partial charge in [0.15, 0.2) is 0 Å². The lowest BCUT2D eigenvalue weighted by atomic mass is 9.72. The van der Waals surface area contributed by atoms with E-state index in [0.29, 0.717) is 13.0 Å². The molecule has 154 valence electrons. The summed E-state index contributed by atoms with van der Waals surface area (Å²) in [5.41, 5.74) is 4.99. The molecule has 1 aromatic heterocycles. The first-order chi connectivity index (χ1) is 14.1. The number of rotatable bonds is 5. The van der Waals surface area contributed by atoms with Crippen LogP contribution in [0.4, 0.5) is 0 Å². The number of amides is 1. The van der Waals surface area contributed by atoms with Crippen molar-refractivity contribution in [1.29, 1.82) is 0 Å². The normalized spacial score (nSPS) is 19.7. The van der Waals surface area contributed by atoms with Gasteiger partial charge in [-0.05, 0) is 62.2 Å². The lowest BCUT2D eigenvalue weighted by Gasteiger charge is -2.47. The van der Waals surface area contributed by atoms with E-state index in [0.717, 1.165) is 50.4 Å². The molecule has 0 radical (unpaired) electrons. The summed E-state index contributed by atoms with van der Waals surface area (Å²) in [6, 6.07) is 8.81. The fourth-order valence-corrected chi connectivity index (χ4v) is 4.83. The number of hydrogen-bond donors (Lipinski definition) is 0. The second-order valence-electron chi connectivity index (χ2n) is 8.80. The van der Waals surface area contributed by atoms with Crippen molar-refractivity contribution in [2.75, 3.05) is 19.6 Å². The second kappa shape index (κ2) is 8.62. The molecule has 0 bridgehead atoms. The number of piperidine rings is 2. The van der Waals surface area contributed by atoms with Gasteiger partial charge in [0.25, 0.3) is 0 Å². The molecule has 3 heterocycles. The van der Waals surface area contributed by atoms with Crippen LogP contribution in [-0.4, -0.2) is 45.3 Å². The average molecular weight is 393 g/mol. The smallest absolute Gasteiger partial charge is 0.222 e. The number of benzene rings is 1. The predicted octanol–water partition coefficient (Wildman–Crippen LogP) is 3.75.